The summed E-state index contributed by atoms with van der Waals surface area (Å²) in [6.45, 7) is 4.94. The van der Waals surface area contributed by atoms with E-state index < -0.39 is 6.43 Å². The summed E-state index contributed by atoms with van der Waals surface area (Å²) >= 11 is 0. The van der Waals surface area contributed by atoms with Gasteiger partial charge in [-0.25, -0.2) is 18.7 Å². The molecule has 2 rings (SSSR count). The molecule has 0 saturated heterocycles. The van der Waals surface area contributed by atoms with Crippen molar-refractivity contribution in [1.29, 1.82) is 0 Å². The summed E-state index contributed by atoms with van der Waals surface area (Å²) in [6, 6.07) is 8.04. The maximum atomic E-state index is 12.6. The van der Waals surface area contributed by atoms with Crippen LogP contribution in [0.3, 0.4) is 0 Å². The Morgan fingerprint density at radius 3 is 2.38 bits per heavy atom. The molecule has 1 N–H and O–H groups in total. The number of nitrogens with one attached hydrogen (secondary N) is 1. The lowest BCUT2D eigenvalue weighted by Crippen LogP contribution is -2.05. The van der Waals surface area contributed by atoms with E-state index in [1.54, 1.807) is 12.1 Å². The van der Waals surface area contributed by atoms with Crippen molar-refractivity contribution in [2.45, 2.75) is 33.1 Å². The maximum Gasteiger partial charge on any atom is 0.263 e. The van der Waals surface area contributed by atoms with E-state index in [9.17, 15) is 8.78 Å². The van der Waals surface area contributed by atoms with Crippen LogP contribution in [0, 0.1) is 0 Å². The van der Waals surface area contributed by atoms with Gasteiger partial charge in [0.05, 0.1) is 0 Å². The second-order valence-corrected chi connectivity index (χ2v) is 4.77. The van der Waals surface area contributed by atoms with Gasteiger partial charge in [-0.15, -0.1) is 0 Å². The van der Waals surface area contributed by atoms with Crippen molar-refractivity contribution in [2.24, 2.45) is 0 Å². The topological polar surface area (TPSA) is 37.8 Å². The number of rotatable bonds is 6. The Hall–Kier alpha value is -2.04. The Morgan fingerprint density at radius 2 is 1.81 bits per heavy atom. The van der Waals surface area contributed by atoms with Crippen LogP contribution >= 0.6 is 0 Å². The van der Waals surface area contributed by atoms with Crippen molar-refractivity contribution >= 4 is 5.82 Å². The van der Waals surface area contributed by atoms with Crippen molar-refractivity contribution in [3.8, 4) is 11.4 Å². The summed E-state index contributed by atoms with van der Waals surface area (Å²) in [5.74, 6) is 1.34. The lowest BCUT2D eigenvalue weighted by molar-refractivity contribution is 0.151. The number of alkyl halides is 2. The van der Waals surface area contributed by atoms with Gasteiger partial charge in [-0.05, 0) is 12.8 Å². The highest BCUT2D eigenvalue weighted by molar-refractivity contribution is 5.58. The van der Waals surface area contributed by atoms with E-state index >= 15 is 0 Å². The molecule has 0 radical (unpaired) electrons. The third kappa shape index (κ3) is 3.97. The Balaban J connectivity index is 2.32. The average molecular weight is 291 g/mol. The minimum atomic E-state index is -2.45. The fourth-order valence-corrected chi connectivity index (χ4v) is 1.93. The molecule has 5 heteroatoms. The van der Waals surface area contributed by atoms with Crippen molar-refractivity contribution < 1.29 is 8.78 Å². The highest BCUT2D eigenvalue weighted by Gasteiger charge is 2.09. The molecule has 0 bridgehead atoms. The molecule has 112 valence electrons. The number of benzene rings is 1. The van der Waals surface area contributed by atoms with E-state index in [0.717, 1.165) is 36.5 Å². The third-order valence-corrected chi connectivity index (χ3v) is 3.12. The van der Waals surface area contributed by atoms with Crippen molar-refractivity contribution in [1.82, 2.24) is 9.97 Å². The van der Waals surface area contributed by atoms with Crippen LogP contribution in [0.4, 0.5) is 14.6 Å². The van der Waals surface area contributed by atoms with E-state index in [-0.39, 0.29) is 5.56 Å². The predicted octanol–water partition coefficient (Wildman–Crippen LogP) is 4.47. The number of halogens is 2. The number of aromatic nitrogens is 2. The van der Waals surface area contributed by atoms with Gasteiger partial charge in [0.2, 0.25) is 0 Å². The van der Waals surface area contributed by atoms with Crippen molar-refractivity contribution in [2.75, 3.05) is 11.9 Å². The van der Waals surface area contributed by atoms with Gasteiger partial charge in [-0.1, -0.05) is 38.1 Å². The monoisotopic (exact) mass is 291 g/mol. The lowest BCUT2D eigenvalue weighted by atomic mass is 10.1. The van der Waals surface area contributed by atoms with Gasteiger partial charge < -0.3 is 5.32 Å². The van der Waals surface area contributed by atoms with Gasteiger partial charge in [-0.3, -0.25) is 0 Å². The molecule has 0 atom stereocenters. The molecule has 0 fully saturated rings. The van der Waals surface area contributed by atoms with Crippen LogP contribution in [0.25, 0.3) is 11.4 Å². The summed E-state index contributed by atoms with van der Waals surface area (Å²) in [5, 5.41) is 3.24. The fraction of sp³-hybridized carbons (Fsp3) is 0.375. The molecule has 0 saturated carbocycles. The van der Waals surface area contributed by atoms with Gasteiger partial charge >= 0.3 is 0 Å². The predicted molar refractivity (Wildman–Crippen MR) is 80.6 cm³/mol. The first-order chi connectivity index (χ1) is 10.1. The van der Waals surface area contributed by atoms with Gasteiger partial charge in [0.15, 0.2) is 5.82 Å². The van der Waals surface area contributed by atoms with E-state index in [2.05, 4.69) is 22.2 Å². The molecule has 21 heavy (non-hydrogen) atoms. The molecule has 1 aromatic carbocycles. The molecule has 0 aliphatic rings. The van der Waals surface area contributed by atoms with Crippen LogP contribution in [-0.2, 0) is 6.42 Å². The number of anilines is 1. The molecule has 1 aromatic heterocycles. The average Bonchev–Trinajstić information content (AvgIpc) is 2.52. The van der Waals surface area contributed by atoms with Crippen LogP contribution in [0.2, 0.25) is 0 Å². The summed E-state index contributed by atoms with van der Waals surface area (Å²) in [7, 11) is 0. The van der Waals surface area contributed by atoms with Gasteiger partial charge in [0.1, 0.15) is 5.82 Å². The van der Waals surface area contributed by atoms with Gasteiger partial charge in [0.25, 0.3) is 6.43 Å². The summed E-state index contributed by atoms with van der Waals surface area (Å²) in [4.78, 5) is 8.92. The highest BCUT2D eigenvalue weighted by Crippen LogP contribution is 2.23. The first kappa shape index (κ1) is 15.4. The van der Waals surface area contributed by atoms with Gasteiger partial charge in [-0.2, -0.15) is 0 Å². The zero-order valence-electron chi connectivity index (χ0n) is 12.2. The zero-order valence-corrected chi connectivity index (χ0v) is 12.2. The summed E-state index contributed by atoms with van der Waals surface area (Å²) < 4.78 is 25.2. The second-order valence-electron chi connectivity index (χ2n) is 4.77. The SMILES string of the molecule is CCCNc1cc(CC)nc(-c2ccc(C(F)F)cc2)n1. The van der Waals surface area contributed by atoms with Crippen LogP contribution in [0.1, 0.15) is 38.0 Å². The standard InChI is InChI=1S/C16H19F2N3/c1-3-9-19-14-10-13(4-2)20-16(21-14)12-7-5-11(6-8-12)15(17)18/h5-8,10,15H,3-4,9H2,1-2H3,(H,19,20,21). The Labute approximate surface area is 123 Å². The van der Waals surface area contributed by atoms with Crippen molar-refractivity contribution in [3.63, 3.8) is 0 Å². The molecule has 1 heterocycles. The molecular weight excluding hydrogens is 272 g/mol. The Kier molecular flexibility index (Phi) is 5.20. The van der Waals surface area contributed by atoms with Crippen molar-refractivity contribution in [3.05, 3.63) is 41.6 Å². The van der Waals surface area contributed by atoms with Crippen LogP contribution in [0.5, 0.6) is 0 Å². The number of aryl methyl sites for hydroxylation is 1. The lowest BCUT2D eigenvalue weighted by Gasteiger charge is -2.09. The first-order valence-corrected chi connectivity index (χ1v) is 7.14. The Bertz CT molecular complexity index is 583. The highest BCUT2D eigenvalue weighted by atomic mass is 19.3. The van der Waals surface area contributed by atoms with Crippen LogP contribution in [0.15, 0.2) is 30.3 Å². The third-order valence-electron chi connectivity index (χ3n) is 3.12. The zero-order chi connectivity index (χ0) is 15.2. The van der Waals surface area contributed by atoms with Gasteiger partial charge in [0, 0.05) is 29.4 Å². The van der Waals surface area contributed by atoms with E-state index in [0.29, 0.717) is 5.82 Å². The number of nitrogens with zero attached hydrogens (tertiary/aromatic N) is 2. The van der Waals surface area contributed by atoms with E-state index in [1.807, 2.05) is 13.0 Å². The molecule has 0 amide bonds. The summed E-state index contributed by atoms with van der Waals surface area (Å²) in [6.07, 6.45) is -0.654. The quantitative estimate of drug-likeness (QED) is 0.853. The molecule has 0 aliphatic heterocycles. The fourth-order valence-electron chi connectivity index (χ4n) is 1.93. The second kappa shape index (κ2) is 7.11. The molecule has 2 aromatic rings. The minimum absolute atomic E-state index is 0.00901. The maximum absolute atomic E-state index is 12.6. The largest absolute Gasteiger partial charge is 0.370 e. The Morgan fingerprint density at radius 1 is 1.10 bits per heavy atom. The smallest absolute Gasteiger partial charge is 0.263 e. The first-order valence-electron chi connectivity index (χ1n) is 7.14. The van der Waals surface area contributed by atoms with Crippen LogP contribution in [-0.4, -0.2) is 16.5 Å². The minimum Gasteiger partial charge on any atom is -0.370 e. The normalized spacial score (nSPS) is 10.9. The number of hydrogen-bond donors (Lipinski definition) is 1. The molecule has 3 nitrogen and oxygen atoms in total. The number of hydrogen-bond acceptors (Lipinski definition) is 3. The molecule has 0 spiro atoms. The summed E-state index contributed by atoms with van der Waals surface area (Å²) in [5.41, 5.74) is 1.68. The molecule has 0 aliphatic carbocycles. The molecular formula is C16H19F2N3. The molecule has 0 unspecified atom stereocenters. The van der Waals surface area contributed by atoms with E-state index in [1.165, 1.54) is 12.1 Å². The van der Waals surface area contributed by atoms with E-state index in [4.69, 9.17) is 0 Å². The van der Waals surface area contributed by atoms with Crippen LogP contribution < -0.4 is 5.32 Å².